The lowest BCUT2D eigenvalue weighted by atomic mass is 9.67. The molecule has 0 spiro atoms. The van der Waals surface area contributed by atoms with E-state index in [4.69, 9.17) is 4.42 Å². The summed E-state index contributed by atoms with van der Waals surface area (Å²) in [6.07, 6.45) is -1.00. The number of aliphatic hydroxyl groups is 1. The van der Waals surface area contributed by atoms with E-state index in [2.05, 4.69) is 81.1 Å². The average Bonchev–Trinajstić information content (AvgIpc) is 3.52. The molecule has 2 aliphatic heterocycles. The molecule has 4 heteroatoms. The number of para-hydroxylation sites is 2. The number of hydrogen-bond acceptors (Lipinski definition) is 4. The summed E-state index contributed by atoms with van der Waals surface area (Å²) in [5, 5.41) is 13.4. The van der Waals surface area contributed by atoms with Crippen LogP contribution in [0, 0.1) is 0 Å². The van der Waals surface area contributed by atoms with E-state index in [0.717, 1.165) is 27.9 Å². The van der Waals surface area contributed by atoms with E-state index in [9.17, 15) is 9.90 Å². The second-order valence-electron chi connectivity index (χ2n) is 12.7. The van der Waals surface area contributed by atoms with Crippen molar-refractivity contribution in [2.75, 3.05) is 4.90 Å². The summed E-state index contributed by atoms with van der Waals surface area (Å²) in [6.45, 7) is 11.0. The number of anilines is 3. The molecule has 0 bridgehead atoms. The molecule has 1 N–H and O–H groups in total. The Labute approximate surface area is 239 Å². The van der Waals surface area contributed by atoms with Gasteiger partial charge in [0.15, 0.2) is 5.78 Å². The van der Waals surface area contributed by atoms with E-state index < -0.39 is 6.10 Å². The maximum Gasteiger partial charge on any atom is 0.209 e. The smallest absolute Gasteiger partial charge is 0.209 e. The van der Waals surface area contributed by atoms with Gasteiger partial charge in [-0.15, -0.1) is 0 Å². The lowest BCUT2D eigenvalue weighted by Crippen LogP contribution is -2.37. The van der Waals surface area contributed by atoms with Crippen molar-refractivity contribution in [1.29, 1.82) is 0 Å². The summed E-state index contributed by atoms with van der Waals surface area (Å²) < 4.78 is 6.77. The second-order valence-corrected chi connectivity index (χ2v) is 12.7. The van der Waals surface area contributed by atoms with Crippen molar-refractivity contribution in [3.63, 3.8) is 0 Å². The molecule has 5 aromatic rings. The Morgan fingerprint density at radius 2 is 1.39 bits per heavy atom. The standard InChI is InChI=1S/C37H31NO3/c1-20(31-33(39)23-17-21-11-6-7-12-22(21)18-24(23)34(31)40)30-19-28-35(41-30)38-29-16-9-8-13-25(29)36(2,3)26-14-10-15-27(32(26)38)37(28,4)5/h6-19,33,39H,1-5H3/b31-20-. The quantitative estimate of drug-likeness (QED) is 0.217. The third-order valence-corrected chi connectivity index (χ3v) is 9.76. The molecule has 0 fully saturated rings. The Bertz CT molecular complexity index is 2000. The van der Waals surface area contributed by atoms with Crippen LogP contribution in [-0.4, -0.2) is 10.9 Å². The third kappa shape index (κ3) is 3.01. The van der Waals surface area contributed by atoms with Gasteiger partial charge in [0.2, 0.25) is 5.88 Å². The molecule has 1 aliphatic carbocycles. The number of fused-ring (bicyclic) bond motifs is 6. The normalized spacial score (nSPS) is 20.4. The van der Waals surface area contributed by atoms with Gasteiger partial charge in [0.25, 0.3) is 0 Å². The third-order valence-electron chi connectivity index (χ3n) is 9.76. The van der Waals surface area contributed by atoms with Crippen LogP contribution < -0.4 is 4.90 Å². The molecule has 0 amide bonds. The van der Waals surface area contributed by atoms with Crippen LogP contribution in [0.15, 0.2) is 94.9 Å². The number of allylic oxidation sites excluding steroid dienone is 1. The molecule has 1 atom stereocenters. The zero-order chi connectivity index (χ0) is 28.4. The van der Waals surface area contributed by atoms with E-state index >= 15 is 0 Å². The number of ketones is 1. The van der Waals surface area contributed by atoms with E-state index in [1.54, 1.807) is 0 Å². The van der Waals surface area contributed by atoms with Crippen molar-refractivity contribution in [2.24, 2.45) is 0 Å². The Morgan fingerprint density at radius 1 is 0.780 bits per heavy atom. The van der Waals surface area contributed by atoms with Crippen LogP contribution in [0.25, 0.3) is 16.3 Å². The van der Waals surface area contributed by atoms with Gasteiger partial charge < -0.3 is 9.52 Å². The first kappa shape index (κ1) is 24.4. The summed E-state index contributed by atoms with van der Waals surface area (Å²) in [7, 11) is 0. The summed E-state index contributed by atoms with van der Waals surface area (Å²) in [4.78, 5) is 16.0. The van der Waals surface area contributed by atoms with Crippen molar-refractivity contribution in [3.8, 4) is 0 Å². The second kappa shape index (κ2) is 7.86. The van der Waals surface area contributed by atoms with Gasteiger partial charge >= 0.3 is 0 Å². The highest BCUT2D eigenvalue weighted by Crippen LogP contribution is 2.60. The fourth-order valence-corrected chi connectivity index (χ4v) is 7.41. The van der Waals surface area contributed by atoms with Gasteiger partial charge in [-0.3, -0.25) is 9.69 Å². The highest BCUT2D eigenvalue weighted by atomic mass is 16.4. The molecule has 1 aromatic heterocycles. The maximum atomic E-state index is 13.8. The number of benzene rings is 4. The van der Waals surface area contributed by atoms with Gasteiger partial charge in [0, 0.05) is 33.1 Å². The minimum Gasteiger partial charge on any atom is -0.440 e. The van der Waals surface area contributed by atoms with Gasteiger partial charge in [-0.2, -0.15) is 0 Å². The number of Topliss-reactive ketones (excluding diaryl/α,β-unsaturated/α-hetero) is 1. The summed E-state index contributed by atoms with van der Waals surface area (Å²) in [5.74, 6) is 1.25. The number of carbonyl (C=O) groups excluding carboxylic acids is 1. The van der Waals surface area contributed by atoms with Crippen molar-refractivity contribution < 1.29 is 14.3 Å². The van der Waals surface area contributed by atoms with E-state index in [0.29, 0.717) is 28.0 Å². The number of nitrogens with zero attached hydrogens (tertiary/aromatic N) is 1. The van der Waals surface area contributed by atoms with Crippen LogP contribution in [0.2, 0.25) is 0 Å². The Balaban J connectivity index is 1.34. The zero-order valence-corrected chi connectivity index (χ0v) is 23.9. The first-order valence-corrected chi connectivity index (χ1v) is 14.2. The molecular formula is C37H31NO3. The lowest BCUT2D eigenvalue weighted by molar-refractivity contribution is 0.102. The monoisotopic (exact) mass is 537 g/mol. The molecule has 41 heavy (non-hydrogen) atoms. The molecule has 4 aromatic carbocycles. The summed E-state index contributed by atoms with van der Waals surface area (Å²) >= 11 is 0. The fourth-order valence-electron chi connectivity index (χ4n) is 7.41. The van der Waals surface area contributed by atoms with Crippen LogP contribution in [0.1, 0.15) is 84.7 Å². The number of hydrogen-bond donors (Lipinski definition) is 1. The molecule has 3 heterocycles. The predicted octanol–water partition coefficient (Wildman–Crippen LogP) is 8.88. The van der Waals surface area contributed by atoms with Crippen LogP contribution in [0.3, 0.4) is 0 Å². The topological polar surface area (TPSA) is 53.7 Å². The fraction of sp³-hybridized carbons (Fsp3) is 0.216. The summed E-state index contributed by atoms with van der Waals surface area (Å²) in [6, 6.07) is 29.0. The van der Waals surface area contributed by atoms with Crippen molar-refractivity contribution >= 4 is 39.4 Å². The van der Waals surface area contributed by atoms with Gasteiger partial charge in [-0.05, 0) is 64.2 Å². The van der Waals surface area contributed by atoms with Crippen LogP contribution in [0.4, 0.5) is 17.3 Å². The molecule has 4 nitrogen and oxygen atoms in total. The molecule has 202 valence electrons. The number of rotatable bonds is 1. The molecule has 8 rings (SSSR count). The Morgan fingerprint density at radius 3 is 2.12 bits per heavy atom. The molecule has 0 saturated heterocycles. The van der Waals surface area contributed by atoms with Gasteiger partial charge in [0.05, 0.1) is 11.4 Å². The first-order valence-electron chi connectivity index (χ1n) is 14.2. The van der Waals surface area contributed by atoms with E-state index in [1.165, 1.54) is 22.4 Å². The van der Waals surface area contributed by atoms with E-state index in [1.807, 2.05) is 43.3 Å². The molecule has 0 radical (unpaired) electrons. The maximum absolute atomic E-state index is 13.8. The minimum atomic E-state index is -1.00. The van der Waals surface area contributed by atoms with Crippen molar-refractivity contribution in [3.05, 3.63) is 130 Å². The van der Waals surface area contributed by atoms with Crippen LogP contribution in [-0.2, 0) is 10.8 Å². The summed E-state index contributed by atoms with van der Waals surface area (Å²) in [5.41, 5.74) is 8.88. The number of furan rings is 1. The Hall–Kier alpha value is -4.41. The SMILES string of the molecule is C/C(=C1/C(=O)c2cc3ccccc3cc2C1O)c1cc2c(o1)N1c3ccccc3C(C)(C)c3cccc(c31)C2(C)C. The molecule has 1 unspecified atom stereocenters. The number of carbonyl (C=O) groups is 1. The minimum absolute atomic E-state index is 0.139. The molecule has 0 saturated carbocycles. The molecular weight excluding hydrogens is 506 g/mol. The first-order chi connectivity index (χ1) is 19.6. The van der Waals surface area contributed by atoms with Crippen molar-refractivity contribution in [1.82, 2.24) is 0 Å². The van der Waals surface area contributed by atoms with Crippen LogP contribution in [0.5, 0.6) is 0 Å². The highest BCUT2D eigenvalue weighted by Gasteiger charge is 2.47. The van der Waals surface area contributed by atoms with Crippen molar-refractivity contribution in [2.45, 2.75) is 51.6 Å². The van der Waals surface area contributed by atoms with Crippen LogP contribution >= 0.6 is 0 Å². The number of aliphatic hydroxyl groups excluding tert-OH is 1. The van der Waals surface area contributed by atoms with E-state index in [-0.39, 0.29) is 16.6 Å². The highest BCUT2D eigenvalue weighted by molar-refractivity contribution is 6.19. The lowest BCUT2D eigenvalue weighted by Gasteiger charge is -2.47. The largest absolute Gasteiger partial charge is 0.440 e. The molecule has 3 aliphatic rings. The zero-order valence-electron chi connectivity index (χ0n) is 23.9. The predicted molar refractivity (Wildman–Crippen MR) is 163 cm³/mol. The average molecular weight is 538 g/mol. The van der Waals surface area contributed by atoms with Gasteiger partial charge in [0.1, 0.15) is 11.9 Å². The van der Waals surface area contributed by atoms with Gasteiger partial charge in [-0.25, -0.2) is 0 Å². The Kier molecular flexibility index (Phi) is 4.68. The van der Waals surface area contributed by atoms with Gasteiger partial charge in [-0.1, -0.05) is 88.4 Å².